The molecule has 1 N–H and O–H groups in total. The minimum absolute atomic E-state index is 0.0199. The zero-order valence-electron chi connectivity index (χ0n) is 22.3. The number of alkyl halides is 3. The summed E-state index contributed by atoms with van der Waals surface area (Å²) in [5, 5.41) is 2.62. The number of hydrogen-bond acceptors (Lipinski definition) is 5. The first kappa shape index (κ1) is 31.0. The second-order valence-corrected chi connectivity index (χ2v) is 10.2. The summed E-state index contributed by atoms with van der Waals surface area (Å²) in [6.45, 7) is 3.42. The fraction of sp³-hybridized carbons (Fsp3) is 0.357. The molecule has 0 saturated carbocycles. The smallest absolute Gasteiger partial charge is 0.433 e. The van der Waals surface area contributed by atoms with Crippen molar-refractivity contribution in [3.05, 3.63) is 88.4 Å². The zero-order chi connectivity index (χ0) is 29.4. The van der Waals surface area contributed by atoms with E-state index in [1.54, 1.807) is 0 Å². The number of hydrogen-bond donors (Lipinski definition) is 1. The normalized spacial score (nSPS) is 13.0. The van der Waals surface area contributed by atoms with Gasteiger partial charge in [0.2, 0.25) is 11.8 Å². The quantitative estimate of drug-likeness (QED) is 0.216. The van der Waals surface area contributed by atoms with Crippen LogP contribution in [0.15, 0.2) is 54.6 Å². The van der Waals surface area contributed by atoms with Crippen molar-refractivity contribution in [3.8, 4) is 5.88 Å². The standard InChI is InChI=1S/C28H31F4N3O4S/c1-4-5-6-19-7-9-20(10-8-19)17-39-27-22(12-14-25(34-27)28(30,31)32)16-33-26(36)18(2)21-11-13-24(23(29)15-21)35(3)40(37)38/h7-15,18H,4-6,16-17H2,1-3H3,(H,33,36)(H,37,38)/p-1. The monoisotopic (exact) mass is 580 g/mol. The number of halogens is 4. The molecule has 12 heteroatoms. The van der Waals surface area contributed by atoms with E-state index in [0.717, 1.165) is 42.5 Å². The molecule has 0 aliphatic rings. The number of amides is 1. The van der Waals surface area contributed by atoms with Gasteiger partial charge < -0.3 is 18.9 Å². The number of ether oxygens (including phenoxy) is 1. The van der Waals surface area contributed by atoms with Crippen molar-refractivity contribution in [2.45, 2.75) is 58.4 Å². The number of aryl methyl sites for hydroxylation is 1. The van der Waals surface area contributed by atoms with E-state index in [9.17, 15) is 31.1 Å². The summed E-state index contributed by atoms with van der Waals surface area (Å²) in [6, 6.07) is 13.3. The van der Waals surface area contributed by atoms with Gasteiger partial charge in [-0.3, -0.25) is 9.00 Å². The highest BCUT2D eigenvalue weighted by Gasteiger charge is 2.33. The average Bonchev–Trinajstić information content (AvgIpc) is 2.92. The van der Waals surface area contributed by atoms with E-state index >= 15 is 0 Å². The molecule has 2 aromatic carbocycles. The fourth-order valence-electron chi connectivity index (χ4n) is 3.84. The molecule has 1 heterocycles. The summed E-state index contributed by atoms with van der Waals surface area (Å²) < 4.78 is 83.0. The van der Waals surface area contributed by atoms with Gasteiger partial charge >= 0.3 is 6.18 Å². The van der Waals surface area contributed by atoms with Gasteiger partial charge in [0.25, 0.3) is 0 Å². The Morgan fingerprint density at radius 3 is 2.40 bits per heavy atom. The molecule has 0 spiro atoms. The molecule has 2 atom stereocenters. The summed E-state index contributed by atoms with van der Waals surface area (Å²) in [7, 11) is 1.18. The summed E-state index contributed by atoms with van der Waals surface area (Å²) >= 11 is -2.67. The maximum Gasteiger partial charge on any atom is 0.433 e. The van der Waals surface area contributed by atoms with Crippen molar-refractivity contribution in [2.24, 2.45) is 0 Å². The SMILES string of the molecule is CCCCc1ccc(COc2nc(C(F)(F)F)ccc2CNC(=O)C(C)c2ccc(N(C)S(=O)[O-])c(F)c2)cc1. The molecule has 1 amide bonds. The van der Waals surface area contributed by atoms with Crippen LogP contribution in [-0.4, -0.2) is 26.7 Å². The maximum atomic E-state index is 14.5. The van der Waals surface area contributed by atoms with E-state index in [1.165, 1.54) is 32.2 Å². The number of carbonyl (C=O) groups excluding carboxylic acids is 1. The van der Waals surface area contributed by atoms with E-state index in [4.69, 9.17) is 4.74 Å². The predicted molar refractivity (Wildman–Crippen MR) is 143 cm³/mol. The molecule has 1 aromatic heterocycles. The van der Waals surface area contributed by atoms with E-state index in [1.807, 2.05) is 24.3 Å². The molecule has 3 aromatic rings. The van der Waals surface area contributed by atoms with Crippen LogP contribution in [0.5, 0.6) is 5.88 Å². The number of anilines is 1. The average molecular weight is 581 g/mol. The molecule has 0 saturated heterocycles. The molecular formula is C28H30F4N3O4S-. The van der Waals surface area contributed by atoms with Crippen LogP contribution in [0.25, 0.3) is 0 Å². The van der Waals surface area contributed by atoms with Crippen LogP contribution in [0.1, 0.15) is 60.6 Å². The lowest BCUT2D eigenvalue weighted by atomic mass is 9.99. The summed E-state index contributed by atoms with van der Waals surface area (Å²) in [5.74, 6) is -2.46. The first-order valence-corrected chi connectivity index (χ1v) is 13.6. The van der Waals surface area contributed by atoms with Gasteiger partial charge in [0.15, 0.2) is 0 Å². The van der Waals surface area contributed by atoms with Gasteiger partial charge in [-0.15, -0.1) is 0 Å². The zero-order valence-corrected chi connectivity index (χ0v) is 23.1. The second-order valence-electron chi connectivity index (χ2n) is 9.23. The molecule has 40 heavy (non-hydrogen) atoms. The largest absolute Gasteiger partial charge is 0.755 e. The highest BCUT2D eigenvalue weighted by atomic mass is 32.2. The third-order valence-corrected chi connectivity index (χ3v) is 6.97. The number of carbonyl (C=O) groups is 1. The fourth-order valence-corrected chi connectivity index (χ4v) is 4.15. The molecule has 216 valence electrons. The topological polar surface area (TPSA) is 94.6 Å². The number of aromatic nitrogens is 1. The summed E-state index contributed by atoms with van der Waals surface area (Å²) in [5.41, 5.74) is 1.11. The molecule has 0 aliphatic carbocycles. The Morgan fingerprint density at radius 2 is 1.80 bits per heavy atom. The van der Waals surface area contributed by atoms with Crippen LogP contribution in [0.3, 0.4) is 0 Å². The third kappa shape index (κ3) is 8.25. The molecule has 0 bridgehead atoms. The number of rotatable bonds is 12. The van der Waals surface area contributed by atoms with Gasteiger partial charge in [-0.25, -0.2) is 9.37 Å². The Morgan fingerprint density at radius 1 is 1.12 bits per heavy atom. The van der Waals surface area contributed by atoms with Crippen molar-refractivity contribution in [1.29, 1.82) is 0 Å². The molecule has 0 aliphatic heterocycles. The predicted octanol–water partition coefficient (Wildman–Crippen LogP) is 5.81. The van der Waals surface area contributed by atoms with Crippen molar-refractivity contribution < 1.29 is 35.9 Å². The first-order chi connectivity index (χ1) is 18.9. The first-order valence-electron chi connectivity index (χ1n) is 12.6. The van der Waals surface area contributed by atoms with Gasteiger partial charge in [0.1, 0.15) is 18.1 Å². The number of benzene rings is 2. The van der Waals surface area contributed by atoms with Gasteiger partial charge in [-0.2, -0.15) is 13.2 Å². The molecule has 0 radical (unpaired) electrons. The van der Waals surface area contributed by atoms with E-state index in [2.05, 4.69) is 17.2 Å². The molecule has 7 nitrogen and oxygen atoms in total. The number of nitrogens with zero attached hydrogens (tertiary/aromatic N) is 2. The lowest BCUT2D eigenvalue weighted by Gasteiger charge is -2.22. The minimum atomic E-state index is -4.68. The Labute approximate surface area is 233 Å². The molecule has 0 fully saturated rings. The van der Waals surface area contributed by atoms with Gasteiger partial charge in [0.05, 0.1) is 11.6 Å². The molecule has 3 rings (SSSR count). The van der Waals surface area contributed by atoms with Gasteiger partial charge in [-0.1, -0.05) is 43.7 Å². The molecular weight excluding hydrogens is 550 g/mol. The Balaban J connectivity index is 1.72. The Bertz CT molecular complexity index is 1340. The van der Waals surface area contributed by atoms with Crippen LogP contribution in [0, 0.1) is 5.82 Å². The highest BCUT2D eigenvalue weighted by molar-refractivity contribution is 7.80. The van der Waals surface area contributed by atoms with Crippen LogP contribution in [0.2, 0.25) is 0 Å². The Kier molecular flexibility index (Phi) is 10.6. The highest BCUT2D eigenvalue weighted by Crippen LogP contribution is 2.31. The summed E-state index contributed by atoms with van der Waals surface area (Å²) in [6.07, 6.45) is -1.63. The van der Waals surface area contributed by atoms with Crippen LogP contribution in [-0.2, 0) is 41.8 Å². The van der Waals surface area contributed by atoms with Gasteiger partial charge in [-0.05, 0) is 60.7 Å². The van der Waals surface area contributed by atoms with Crippen LogP contribution < -0.4 is 14.4 Å². The van der Waals surface area contributed by atoms with E-state index in [0.29, 0.717) is 4.31 Å². The third-order valence-electron chi connectivity index (χ3n) is 6.33. The van der Waals surface area contributed by atoms with Crippen molar-refractivity contribution >= 4 is 22.9 Å². The number of nitrogens with one attached hydrogen (secondary N) is 1. The van der Waals surface area contributed by atoms with Crippen molar-refractivity contribution in [2.75, 3.05) is 11.4 Å². The van der Waals surface area contributed by atoms with Crippen molar-refractivity contribution in [1.82, 2.24) is 10.3 Å². The maximum absolute atomic E-state index is 14.5. The van der Waals surface area contributed by atoms with E-state index in [-0.39, 0.29) is 35.8 Å². The second kappa shape index (κ2) is 13.7. The number of pyridine rings is 1. The number of unbranched alkanes of at least 4 members (excludes halogenated alkanes) is 1. The lowest BCUT2D eigenvalue weighted by Crippen LogP contribution is -2.28. The van der Waals surface area contributed by atoms with Gasteiger partial charge in [0, 0.05) is 30.4 Å². The summed E-state index contributed by atoms with van der Waals surface area (Å²) in [4.78, 5) is 16.4. The Hall–Kier alpha value is -3.51. The molecule has 2 unspecified atom stereocenters. The lowest BCUT2D eigenvalue weighted by molar-refractivity contribution is -0.141. The van der Waals surface area contributed by atoms with Crippen molar-refractivity contribution in [3.63, 3.8) is 0 Å². The minimum Gasteiger partial charge on any atom is -0.755 e. The van der Waals surface area contributed by atoms with Crippen LogP contribution >= 0.6 is 0 Å². The van der Waals surface area contributed by atoms with E-state index < -0.39 is 40.8 Å². The van der Waals surface area contributed by atoms with Crippen LogP contribution in [0.4, 0.5) is 23.2 Å².